The number of amides is 1. The van der Waals surface area contributed by atoms with Crippen molar-refractivity contribution < 1.29 is 9.53 Å². The molecule has 0 saturated carbocycles. The number of benzene rings is 1. The molecule has 2 N–H and O–H groups in total. The van der Waals surface area contributed by atoms with Crippen LogP contribution in [0.5, 0.6) is 5.75 Å². The maximum atomic E-state index is 12.1. The highest BCUT2D eigenvalue weighted by Gasteiger charge is 2.27. The van der Waals surface area contributed by atoms with Gasteiger partial charge in [-0.05, 0) is 45.8 Å². The molecule has 0 atom stereocenters. The number of nitrogen functional groups attached to an aromatic ring is 1. The summed E-state index contributed by atoms with van der Waals surface area (Å²) in [6.07, 6.45) is 0. The zero-order valence-electron chi connectivity index (χ0n) is 10.5. The van der Waals surface area contributed by atoms with Crippen molar-refractivity contribution in [2.75, 3.05) is 17.2 Å². The summed E-state index contributed by atoms with van der Waals surface area (Å²) in [6.45, 7) is 0.476. The van der Waals surface area contributed by atoms with Gasteiger partial charge in [-0.2, -0.15) is 0 Å². The summed E-state index contributed by atoms with van der Waals surface area (Å²) in [5.41, 5.74) is 7.35. The van der Waals surface area contributed by atoms with E-state index in [-0.39, 0.29) is 12.5 Å². The highest BCUT2D eigenvalue weighted by Crippen LogP contribution is 2.32. The van der Waals surface area contributed by atoms with Crippen LogP contribution >= 0.6 is 15.9 Å². The molecule has 102 valence electrons. The molecule has 20 heavy (non-hydrogen) atoms. The average molecular weight is 334 g/mol. The second-order valence-corrected chi connectivity index (χ2v) is 5.28. The molecule has 5 nitrogen and oxygen atoms in total. The predicted molar refractivity (Wildman–Crippen MR) is 79.5 cm³/mol. The van der Waals surface area contributed by atoms with Crippen LogP contribution in [-0.4, -0.2) is 17.5 Å². The van der Waals surface area contributed by atoms with Gasteiger partial charge in [0.15, 0.2) is 18.2 Å². The molecule has 1 aromatic heterocycles. The van der Waals surface area contributed by atoms with Gasteiger partial charge in [0.25, 0.3) is 5.91 Å². The number of carbonyl (C=O) groups excluding carboxylic acids is 1. The molecular formula is C14H12BrN3O2. The van der Waals surface area contributed by atoms with Crippen molar-refractivity contribution in [1.29, 1.82) is 0 Å². The second kappa shape index (κ2) is 5.13. The number of nitrogens with zero attached hydrogens (tertiary/aromatic N) is 2. The van der Waals surface area contributed by atoms with Gasteiger partial charge in [0.05, 0.1) is 6.54 Å². The van der Waals surface area contributed by atoms with E-state index in [2.05, 4.69) is 20.9 Å². The Morgan fingerprint density at radius 1 is 1.25 bits per heavy atom. The van der Waals surface area contributed by atoms with Gasteiger partial charge in [-0.3, -0.25) is 9.69 Å². The Balaban J connectivity index is 1.94. The Hall–Kier alpha value is -2.08. The Morgan fingerprint density at radius 2 is 2.00 bits per heavy atom. The zero-order valence-corrected chi connectivity index (χ0v) is 12.1. The van der Waals surface area contributed by atoms with Crippen LogP contribution in [0.25, 0.3) is 0 Å². The fourth-order valence-electron chi connectivity index (χ4n) is 2.02. The molecule has 6 heteroatoms. The van der Waals surface area contributed by atoms with Crippen molar-refractivity contribution in [3.63, 3.8) is 0 Å². The SMILES string of the molecule is Nc1ccc(CN2C(=O)COc3ccc(Br)nc32)cc1. The van der Waals surface area contributed by atoms with Crippen LogP contribution in [0.2, 0.25) is 0 Å². The van der Waals surface area contributed by atoms with Gasteiger partial charge < -0.3 is 10.5 Å². The van der Waals surface area contributed by atoms with Crippen LogP contribution < -0.4 is 15.4 Å². The van der Waals surface area contributed by atoms with E-state index in [4.69, 9.17) is 10.5 Å². The van der Waals surface area contributed by atoms with Crippen LogP contribution in [-0.2, 0) is 11.3 Å². The van der Waals surface area contributed by atoms with Crippen molar-refractivity contribution in [1.82, 2.24) is 4.98 Å². The lowest BCUT2D eigenvalue weighted by atomic mass is 10.2. The molecule has 0 aliphatic carbocycles. The van der Waals surface area contributed by atoms with Crippen molar-refractivity contribution in [2.45, 2.75) is 6.54 Å². The lowest BCUT2D eigenvalue weighted by Crippen LogP contribution is -2.38. The molecule has 1 aliphatic rings. The maximum Gasteiger partial charge on any atom is 0.266 e. The Labute approximate surface area is 124 Å². The van der Waals surface area contributed by atoms with E-state index >= 15 is 0 Å². The average Bonchev–Trinajstić information content (AvgIpc) is 2.44. The highest BCUT2D eigenvalue weighted by molar-refractivity contribution is 9.10. The monoisotopic (exact) mass is 333 g/mol. The van der Waals surface area contributed by atoms with E-state index in [1.807, 2.05) is 24.3 Å². The topological polar surface area (TPSA) is 68.5 Å². The van der Waals surface area contributed by atoms with Gasteiger partial charge in [-0.15, -0.1) is 0 Å². The molecule has 2 heterocycles. The normalized spacial score (nSPS) is 13.8. The standard InChI is InChI=1S/C14H12BrN3O2/c15-12-6-5-11-14(17-12)18(13(19)8-20-11)7-9-1-3-10(16)4-2-9/h1-6H,7-8,16H2. The minimum Gasteiger partial charge on any atom is -0.480 e. The smallest absolute Gasteiger partial charge is 0.266 e. The number of ether oxygens (including phenoxy) is 1. The van der Waals surface area contributed by atoms with Crippen LogP contribution in [0.3, 0.4) is 0 Å². The molecule has 1 aliphatic heterocycles. The fourth-order valence-corrected chi connectivity index (χ4v) is 2.32. The first-order valence-corrected chi connectivity index (χ1v) is 6.87. The number of nitrogens with two attached hydrogens (primary N) is 1. The molecule has 0 radical (unpaired) electrons. The molecule has 0 bridgehead atoms. The van der Waals surface area contributed by atoms with Crippen LogP contribution in [0, 0.1) is 0 Å². The van der Waals surface area contributed by atoms with Crippen molar-refractivity contribution >= 4 is 33.3 Å². The van der Waals surface area contributed by atoms with Crippen LogP contribution in [0.4, 0.5) is 11.5 Å². The molecule has 0 unspecified atom stereocenters. The summed E-state index contributed by atoms with van der Waals surface area (Å²) in [5.74, 6) is 1.04. The third-order valence-electron chi connectivity index (χ3n) is 3.03. The summed E-state index contributed by atoms with van der Waals surface area (Å²) in [4.78, 5) is 18.0. The molecule has 3 rings (SSSR count). The molecule has 0 saturated heterocycles. The van der Waals surface area contributed by atoms with E-state index in [1.54, 1.807) is 17.0 Å². The minimum atomic E-state index is -0.111. The predicted octanol–water partition coefficient (Wildman–Crippen LogP) is 2.35. The number of anilines is 2. The Morgan fingerprint density at radius 3 is 2.75 bits per heavy atom. The largest absolute Gasteiger partial charge is 0.480 e. The number of hydrogen-bond donors (Lipinski definition) is 1. The first kappa shape index (κ1) is 12.9. The van der Waals surface area contributed by atoms with E-state index in [0.29, 0.717) is 28.4 Å². The summed E-state index contributed by atoms with van der Waals surface area (Å²) in [5, 5.41) is 0. The maximum absolute atomic E-state index is 12.1. The van der Waals surface area contributed by atoms with Crippen molar-refractivity contribution in [3.05, 3.63) is 46.6 Å². The van der Waals surface area contributed by atoms with Gasteiger partial charge in [0.2, 0.25) is 0 Å². The minimum absolute atomic E-state index is 0.0330. The highest BCUT2D eigenvalue weighted by atomic mass is 79.9. The molecule has 0 spiro atoms. The van der Waals surface area contributed by atoms with E-state index < -0.39 is 0 Å². The van der Waals surface area contributed by atoms with Crippen LogP contribution in [0.1, 0.15) is 5.56 Å². The second-order valence-electron chi connectivity index (χ2n) is 4.47. The summed E-state index contributed by atoms with van der Waals surface area (Å²) in [6, 6.07) is 11.0. The number of pyridine rings is 1. The van der Waals surface area contributed by atoms with Gasteiger partial charge in [-0.25, -0.2) is 4.98 Å². The summed E-state index contributed by atoms with van der Waals surface area (Å²) >= 11 is 3.31. The number of fused-ring (bicyclic) bond motifs is 1. The number of hydrogen-bond acceptors (Lipinski definition) is 4. The first-order chi connectivity index (χ1) is 9.63. The molecule has 0 fully saturated rings. The zero-order chi connectivity index (χ0) is 14.1. The Bertz CT molecular complexity index is 658. The lowest BCUT2D eigenvalue weighted by Gasteiger charge is -2.28. The first-order valence-electron chi connectivity index (χ1n) is 6.07. The van der Waals surface area contributed by atoms with E-state index in [1.165, 1.54) is 0 Å². The van der Waals surface area contributed by atoms with Gasteiger partial charge in [0, 0.05) is 5.69 Å². The third-order valence-corrected chi connectivity index (χ3v) is 3.48. The Kier molecular flexibility index (Phi) is 3.31. The molecule has 1 amide bonds. The molecule has 2 aromatic rings. The lowest BCUT2D eigenvalue weighted by molar-refractivity contribution is -0.121. The van der Waals surface area contributed by atoms with E-state index in [0.717, 1.165) is 5.56 Å². The van der Waals surface area contributed by atoms with Gasteiger partial charge in [0.1, 0.15) is 4.60 Å². The fraction of sp³-hybridized carbons (Fsp3) is 0.143. The number of halogens is 1. The number of aromatic nitrogens is 1. The van der Waals surface area contributed by atoms with E-state index in [9.17, 15) is 4.79 Å². The van der Waals surface area contributed by atoms with Crippen molar-refractivity contribution in [2.24, 2.45) is 0 Å². The van der Waals surface area contributed by atoms with Gasteiger partial charge in [-0.1, -0.05) is 12.1 Å². The third kappa shape index (κ3) is 2.46. The number of rotatable bonds is 2. The molecule has 1 aromatic carbocycles. The quantitative estimate of drug-likeness (QED) is 0.676. The van der Waals surface area contributed by atoms with Crippen LogP contribution in [0.15, 0.2) is 41.0 Å². The molecular weight excluding hydrogens is 322 g/mol. The summed E-state index contributed by atoms with van der Waals surface area (Å²) in [7, 11) is 0. The van der Waals surface area contributed by atoms with Crippen molar-refractivity contribution in [3.8, 4) is 5.75 Å². The summed E-state index contributed by atoms with van der Waals surface area (Å²) < 4.78 is 6.05. The number of carbonyl (C=O) groups is 1. The van der Waals surface area contributed by atoms with Gasteiger partial charge >= 0.3 is 0 Å².